The summed E-state index contributed by atoms with van der Waals surface area (Å²) in [6.07, 6.45) is 0. The van der Waals surface area contributed by atoms with Gasteiger partial charge in [0, 0.05) is 106 Å². The Labute approximate surface area is 719 Å². The number of fused-ring (bicyclic) bond motifs is 13. The molecule has 22 rings (SSSR count). The summed E-state index contributed by atoms with van der Waals surface area (Å²) in [5.41, 5.74) is 27.4. The number of hydrogen-bond acceptors (Lipinski definition) is 3. The topological polar surface area (TPSA) is 24.5 Å². The molecule has 17 aromatic carbocycles. The smallest absolute Gasteiger partial charge is 0.252 e. The Morgan fingerprint density at radius 1 is 0.256 bits per heavy atom. The first-order valence-corrected chi connectivity index (χ1v) is 41.9. The Hall–Kier alpha value is -14.4. The van der Waals surface area contributed by atoms with Crippen LogP contribution in [-0.4, -0.2) is 20.4 Å². The van der Waals surface area contributed by atoms with E-state index in [2.05, 4.69) is 414 Å². The third-order valence-corrected chi connectivity index (χ3v) is 25.1. The summed E-state index contributed by atoms with van der Waals surface area (Å²) in [5, 5.41) is 4.58. The molecule has 0 fully saturated rings. The third-order valence-electron chi connectivity index (χ3n) is 25.1. The molecule has 0 atom stereocenters. The monoisotopic (exact) mass is 1560 g/mol. The molecule has 2 aliphatic rings. The number of hydrogen-bond donors (Lipinski definition) is 0. The molecule has 580 valence electrons. The lowest BCUT2D eigenvalue weighted by Crippen LogP contribution is -2.61. The van der Waals surface area contributed by atoms with Crippen molar-refractivity contribution in [3.8, 4) is 61.6 Å². The van der Waals surface area contributed by atoms with Gasteiger partial charge in [0.2, 0.25) is 0 Å². The van der Waals surface area contributed by atoms with Crippen LogP contribution in [0.25, 0.3) is 127 Å². The molecule has 7 heteroatoms. The standard InChI is InChI=1S/C114H91BN6/c1-112(2,3)78-54-64-103-95(66-78)96-67-79(113(4,5)6)55-65-104(96)118(103)85-61-63-98-106(71-85)121(111-93(76-38-19-12-20-39-76)68-80(114(7,8)9)69-94(111)77-40-21-13-22-41-77)108-73-86(119-101-52-31-27-46-91(101)92-47-28-32-53-102(92)119)72-107-109(108)115(98)97-62-60-84(70-105(97)120(107)110-87(74-34-15-10-16-35-74)48-33-49-88(110)75-36-17-11-18-37-75)116(81-42-23-14-24-43-81)82-56-58-83(59-57-82)117-99-50-29-25-44-89(99)90-45-26-30-51-100(90)117/h10-73H,1-9H3/i27D,28D,31D,32D,46D,47D,52D,53D. The number of anilines is 9. The fourth-order valence-corrected chi connectivity index (χ4v) is 19.2. The van der Waals surface area contributed by atoms with Gasteiger partial charge >= 0.3 is 0 Å². The van der Waals surface area contributed by atoms with E-state index in [9.17, 15) is 11.0 Å². The van der Waals surface area contributed by atoms with Crippen LogP contribution in [-0.2, 0) is 16.2 Å². The van der Waals surface area contributed by atoms with Crippen LogP contribution in [0.3, 0.4) is 0 Å². The zero-order valence-electron chi connectivity index (χ0n) is 77.1. The average Bonchev–Trinajstić information content (AvgIpc) is 1.48. The first kappa shape index (κ1) is 64.7. The lowest BCUT2D eigenvalue weighted by atomic mass is 9.33. The van der Waals surface area contributed by atoms with E-state index < -0.39 is 55.1 Å². The highest BCUT2D eigenvalue weighted by molar-refractivity contribution is 7.00. The summed E-state index contributed by atoms with van der Waals surface area (Å²) in [5.74, 6) is 0. The SMILES string of the molecule is [2H]c1c([2H])c([2H])c2c(c1[2H])c1c([2H])c([2H])c([2H])c([2H])c1n2-c1cc2c3c(c1)N(c1c(-c4ccccc4)cc(C(C)(C)C)cc1-c1ccccc1)c1cc(-n4c5ccc(C(C)(C)C)cc5c5cc(C(C)(C)C)ccc54)ccc1B3c1ccc(N(c3ccccc3)c3ccc(-n4c5ccccc5c5ccccc54)cc3)cc1N2c1c(-c2ccccc2)cccc1-c1ccccc1. The lowest BCUT2D eigenvalue weighted by molar-refractivity contribution is 0.590. The Morgan fingerprint density at radius 3 is 1.12 bits per heavy atom. The molecule has 0 aliphatic carbocycles. The van der Waals surface area contributed by atoms with Gasteiger partial charge in [-0.05, 0) is 205 Å². The van der Waals surface area contributed by atoms with E-state index in [1.807, 2.05) is 12.1 Å². The summed E-state index contributed by atoms with van der Waals surface area (Å²) in [4.78, 5) is 7.27. The van der Waals surface area contributed by atoms with Crippen LogP contribution in [0.4, 0.5) is 51.2 Å². The van der Waals surface area contributed by atoms with Gasteiger partial charge in [0.25, 0.3) is 6.71 Å². The molecule has 6 nitrogen and oxygen atoms in total. The fourth-order valence-electron chi connectivity index (χ4n) is 19.2. The van der Waals surface area contributed by atoms with Crippen molar-refractivity contribution < 1.29 is 11.0 Å². The number of aromatic nitrogens is 3. The first-order valence-electron chi connectivity index (χ1n) is 45.9. The normalized spacial score (nSPS) is 13.7. The van der Waals surface area contributed by atoms with Gasteiger partial charge in [0.05, 0.1) is 61.1 Å². The summed E-state index contributed by atoms with van der Waals surface area (Å²) in [6, 6.07) is 119. The van der Waals surface area contributed by atoms with Crippen molar-refractivity contribution >= 4 is 140 Å². The van der Waals surface area contributed by atoms with E-state index in [0.29, 0.717) is 17.1 Å². The molecule has 0 saturated heterocycles. The summed E-state index contributed by atoms with van der Waals surface area (Å²) in [6.45, 7) is 19.9. The summed E-state index contributed by atoms with van der Waals surface area (Å²) >= 11 is 0. The second kappa shape index (κ2) is 28.2. The molecule has 0 unspecified atom stereocenters. The molecule has 20 aromatic rings. The first-order chi connectivity index (χ1) is 62.3. The van der Waals surface area contributed by atoms with E-state index >= 15 is 0 Å². The second-order valence-corrected chi connectivity index (χ2v) is 35.5. The van der Waals surface area contributed by atoms with E-state index in [1.54, 1.807) is 4.57 Å². The molecule has 121 heavy (non-hydrogen) atoms. The largest absolute Gasteiger partial charge is 0.310 e. The molecular formula is C114H91BN6. The molecule has 0 amide bonds. The second-order valence-electron chi connectivity index (χ2n) is 35.5. The maximum atomic E-state index is 10.4. The van der Waals surface area contributed by atoms with Crippen LogP contribution >= 0.6 is 0 Å². The van der Waals surface area contributed by atoms with Crippen molar-refractivity contribution in [2.75, 3.05) is 14.7 Å². The van der Waals surface area contributed by atoms with E-state index in [-0.39, 0.29) is 38.1 Å². The zero-order valence-corrected chi connectivity index (χ0v) is 69.1. The minimum atomic E-state index is -0.604. The number of nitrogens with zero attached hydrogens (tertiary/aromatic N) is 6. The number of benzene rings is 17. The van der Waals surface area contributed by atoms with Gasteiger partial charge in [-0.25, -0.2) is 0 Å². The highest BCUT2D eigenvalue weighted by Gasteiger charge is 2.47. The van der Waals surface area contributed by atoms with Gasteiger partial charge in [0.1, 0.15) is 0 Å². The lowest BCUT2D eigenvalue weighted by Gasteiger charge is -2.46. The van der Waals surface area contributed by atoms with Crippen LogP contribution in [0.2, 0.25) is 0 Å². The average molecular weight is 1560 g/mol. The minimum Gasteiger partial charge on any atom is -0.310 e. The molecule has 5 heterocycles. The van der Waals surface area contributed by atoms with Gasteiger partial charge in [0.15, 0.2) is 0 Å². The number of rotatable bonds is 12. The van der Waals surface area contributed by atoms with Crippen molar-refractivity contribution in [1.82, 2.24) is 13.7 Å². The Balaban J connectivity index is 0.934. The summed E-state index contributed by atoms with van der Waals surface area (Å²) in [7, 11) is 0. The molecule has 0 bridgehead atoms. The van der Waals surface area contributed by atoms with E-state index in [4.69, 9.17) is 0 Å². The van der Waals surface area contributed by atoms with Crippen molar-refractivity contribution in [1.29, 1.82) is 0 Å². The predicted octanol–water partition coefficient (Wildman–Crippen LogP) is 29.1. The number of para-hydroxylation sites is 6. The zero-order chi connectivity index (χ0) is 88.7. The van der Waals surface area contributed by atoms with E-state index in [1.165, 1.54) is 21.9 Å². The molecule has 0 radical (unpaired) electrons. The van der Waals surface area contributed by atoms with Gasteiger partial charge in [-0.15, -0.1) is 0 Å². The van der Waals surface area contributed by atoms with Gasteiger partial charge in [-0.3, -0.25) is 0 Å². The molecule has 0 spiro atoms. The van der Waals surface area contributed by atoms with E-state index in [0.717, 1.165) is 150 Å². The Bertz CT molecular complexity index is 7710. The third kappa shape index (κ3) is 12.0. The molecule has 3 aromatic heterocycles. The highest BCUT2D eigenvalue weighted by Crippen LogP contribution is 2.56. The van der Waals surface area contributed by atoms with Crippen molar-refractivity contribution in [3.63, 3.8) is 0 Å². The van der Waals surface area contributed by atoms with Gasteiger partial charge < -0.3 is 28.4 Å². The Kier molecular flexibility index (Phi) is 15.0. The van der Waals surface area contributed by atoms with Gasteiger partial charge in [-0.2, -0.15) is 0 Å². The molecule has 2 aliphatic heterocycles. The molecule has 0 N–H and O–H groups in total. The van der Waals surface area contributed by atoms with Gasteiger partial charge in [-0.1, -0.05) is 317 Å². The van der Waals surface area contributed by atoms with Crippen LogP contribution < -0.4 is 31.1 Å². The molecule has 0 saturated carbocycles. The van der Waals surface area contributed by atoms with Crippen molar-refractivity contribution in [2.45, 2.75) is 78.6 Å². The molecular weight excluding hydrogens is 1460 g/mol. The van der Waals surface area contributed by atoms with Crippen molar-refractivity contribution in [3.05, 3.63) is 405 Å². The van der Waals surface area contributed by atoms with Crippen LogP contribution in [0.5, 0.6) is 0 Å². The maximum Gasteiger partial charge on any atom is 0.252 e. The van der Waals surface area contributed by atoms with Crippen molar-refractivity contribution in [2.24, 2.45) is 0 Å². The minimum absolute atomic E-state index is 0.000739. The fraction of sp³-hybridized carbons (Fsp3) is 0.105. The Morgan fingerprint density at radius 2 is 0.628 bits per heavy atom. The van der Waals surface area contributed by atoms with Crippen LogP contribution in [0.15, 0.2) is 388 Å². The predicted molar refractivity (Wildman–Crippen MR) is 516 cm³/mol. The van der Waals surface area contributed by atoms with Crippen LogP contribution in [0, 0.1) is 0 Å². The summed E-state index contributed by atoms with van der Waals surface area (Å²) < 4.78 is 85.7. The maximum absolute atomic E-state index is 10.4. The van der Waals surface area contributed by atoms with Crippen LogP contribution in [0.1, 0.15) is 90.0 Å². The quantitative estimate of drug-likeness (QED) is 0.114. The highest BCUT2D eigenvalue weighted by atomic mass is 15.2.